The Bertz CT molecular complexity index is 3990. The summed E-state index contributed by atoms with van der Waals surface area (Å²) >= 11 is 3.14. The van der Waals surface area contributed by atoms with E-state index in [0.29, 0.717) is 95.0 Å². The van der Waals surface area contributed by atoms with Gasteiger partial charge in [-0.05, 0) is 147 Å². The van der Waals surface area contributed by atoms with Crippen molar-refractivity contribution in [3.63, 3.8) is 0 Å². The fraction of sp³-hybridized carbons (Fsp3) is 0.431. The number of hydrogen-bond donors (Lipinski definition) is 12. The van der Waals surface area contributed by atoms with Gasteiger partial charge in [-0.2, -0.15) is 23.5 Å². The van der Waals surface area contributed by atoms with Crippen molar-refractivity contribution in [2.75, 3.05) is 45.3 Å². The van der Waals surface area contributed by atoms with Crippen LogP contribution in [0.2, 0.25) is 0 Å². The number of H-pyrrole nitrogens is 2. The van der Waals surface area contributed by atoms with Crippen LogP contribution in [0.3, 0.4) is 0 Å². The van der Waals surface area contributed by atoms with E-state index in [-0.39, 0.29) is 62.5 Å². The summed E-state index contributed by atoms with van der Waals surface area (Å²) in [5.74, 6) is -7.14. The highest BCUT2D eigenvalue weighted by Gasteiger charge is 2.48. The van der Waals surface area contributed by atoms with E-state index in [0.717, 1.165) is 16.7 Å². The van der Waals surface area contributed by atoms with Crippen LogP contribution in [0.4, 0.5) is 8.78 Å². The molecule has 538 valence electrons. The second kappa shape index (κ2) is 36.1. The van der Waals surface area contributed by atoms with E-state index in [1.165, 1.54) is 67.9 Å². The number of amides is 9. The molecule has 9 amide bonds. The van der Waals surface area contributed by atoms with Gasteiger partial charge in [-0.15, -0.1) is 0 Å². The number of rotatable bonds is 16. The predicted octanol–water partition coefficient (Wildman–Crippen LogP) is 4.58. The van der Waals surface area contributed by atoms with Crippen molar-refractivity contribution in [3.8, 4) is 5.75 Å². The molecule has 2 aliphatic heterocycles. The van der Waals surface area contributed by atoms with Crippen LogP contribution in [0.5, 0.6) is 5.75 Å². The number of nitrogens with one attached hydrogen (secondary N) is 11. The number of thioether (sulfide) groups is 2. The summed E-state index contributed by atoms with van der Waals surface area (Å²) in [7, 11) is 3.28. The Morgan fingerprint density at radius 2 is 1.37 bits per heavy atom. The van der Waals surface area contributed by atoms with Gasteiger partial charge in [0.15, 0.2) is 0 Å². The van der Waals surface area contributed by atoms with Crippen molar-refractivity contribution in [1.29, 1.82) is 0 Å². The molecule has 0 unspecified atom stereocenters. The van der Waals surface area contributed by atoms with Crippen LogP contribution in [0.15, 0.2) is 110 Å². The highest BCUT2D eigenvalue weighted by atomic mass is 32.2. The Morgan fingerprint density at radius 3 is 2.07 bits per heavy atom. The van der Waals surface area contributed by atoms with Gasteiger partial charge < -0.3 is 72.6 Å². The van der Waals surface area contributed by atoms with Crippen LogP contribution in [-0.2, 0) is 85.1 Å². The average molecular weight is 1430 g/mol. The minimum absolute atomic E-state index is 0.0737. The molecule has 4 aromatic carbocycles. The van der Waals surface area contributed by atoms with Crippen molar-refractivity contribution in [1.82, 2.24) is 67.7 Å². The number of carboxylic acids is 1. The largest absolute Gasteiger partial charge is 0.497 e. The smallest absolute Gasteiger partial charge is 0.305 e. The second-order valence-electron chi connectivity index (χ2n) is 25.6. The third-order valence-corrected chi connectivity index (χ3v) is 20.2. The summed E-state index contributed by atoms with van der Waals surface area (Å²) in [6.07, 6.45) is 6.39. The lowest BCUT2D eigenvalue weighted by atomic mass is 9.95. The summed E-state index contributed by atoms with van der Waals surface area (Å²) in [4.78, 5) is 157. The molecular weight excluding hydrogens is 1340 g/mol. The number of methoxy groups -OCH3 is 1. The first-order valence-electron chi connectivity index (χ1n) is 33.7. The van der Waals surface area contributed by atoms with Crippen LogP contribution in [0, 0.1) is 11.6 Å². The van der Waals surface area contributed by atoms with E-state index in [1.54, 1.807) is 73.9 Å². The predicted molar refractivity (Wildman–Crippen MR) is 379 cm³/mol. The number of hydrogen-bond acceptors (Lipinski definition) is 15. The first-order valence-corrected chi connectivity index (χ1v) is 36.0. The molecule has 6 aromatic rings. The summed E-state index contributed by atoms with van der Waals surface area (Å²) in [6, 6.07) is 12.1. The fourth-order valence-corrected chi connectivity index (χ4v) is 14.3. The number of aromatic nitrogens is 3. The number of carbonyl (C=O) groups is 10. The second-order valence-corrected chi connectivity index (χ2v) is 27.8. The van der Waals surface area contributed by atoms with Crippen molar-refractivity contribution >= 4 is 99.1 Å². The third-order valence-electron chi connectivity index (χ3n) is 18.1. The summed E-state index contributed by atoms with van der Waals surface area (Å²) in [5.41, 5.74) is 3.64. The van der Waals surface area contributed by atoms with E-state index >= 15 is 23.6 Å². The molecule has 4 heterocycles. The molecular formula is C72H87F2N13O12S2. The molecule has 9 rings (SSSR count). The first kappa shape index (κ1) is 75.6. The number of ether oxygens (including phenoxy) is 1. The fourth-order valence-electron chi connectivity index (χ4n) is 12.6. The van der Waals surface area contributed by atoms with Crippen molar-refractivity contribution in [3.05, 3.63) is 160 Å². The number of halogens is 2. The van der Waals surface area contributed by atoms with E-state index in [9.17, 15) is 38.3 Å². The molecule has 1 aliphatic carbocycles. The number of allylic oxidation sites excluding steroid dienone is 1. The molecule has 101 heavy (non-hydrogen) atoms. The van der Waals surface area contributed by atoms with Gasteiger partial charge in [-0.1, -0.05) is 48.5 Å². The topological polar surface area (TPSA) is 356 Å². The van der Waals surface area contributed by atoms with Crippen LogP contribution in [-0.4, -0.2) is 177 Å². The SMILES string of the molecule is CNCCCC[C@@H]1NC(=O)CCSCc2cccc(c2)CSCCNC(=O)[C@]2(C)CCCN2C(=O)[C@H](Cc2ccc(OC)cc2)NC(=O)[C@H](Cc2ncc[nH]2)NC(=O)[C@H](CC(=O)O)NC(=O)[C@H](Cc2c[nH]c3ccc(F)cc23)NC(=O)[C@H](CC2=CCc3ccc(F)cc32)NC(=O)[C@@H](C)NC1=O. The molecule has 29 heteroatoms. The van der Waals surface area contributed by atoms with Gasteiger partial charge >= 0.3 is 5.97 Å². The highest BCUT2D eigenvalue weighted by Crippen LogP contribution is 2.33. The van der Waals surface area contributed by atoms with Crippen molar-refractivity contribution in [2.45, 2.75) is 150 Å². The number of imidazole rings is 1. The Morgan fingerprint density at radius 1 is 0.713 bits per heavy atom. The number of aromatic amines is 2. The Kier molecular flexibility index (Phi) is 27.0. The monoisotopic (exact) mass is 1430 g/mol. The molecule has 0 saturated carbocycles. The zero-order valence-corrected chi connectivity index (χ0v) is 58.4. The van der Waals surface area contributed by atoms with Gasteiger partial charge in [0, 0.05) is 97.7 Å². The molecule has 0 radical (unpaired) electrons. The summed E-state index contributed by atoms with van der Waals surface area (Å²) in [5, 5.41) is 35.6. The number of benzene rings is 4. The number of unbranched alkanes of at least 4 members (excludes halogenated alkanes) is 1. The molecule has 8 atom stereocenters. The number of nitrogens with zero attached hydrogens (tertiary/aromatic N) is 2. The van der Waals surface area contributed by atoms with Crippen LogP contribution in [0.1, 0.15) is 104 Å². The van der Waals surface area contributed by atoms with Gasteiger partial charge in [-0.25, -0.2) is 13.8 Å². The van der Waals surface area contributed by atoms with Gasteiger partial charge in [0.25, 0.3) is 0 Å². The molecule has 1 fully saturated rings. The summed E-state index contributed by atoms with van der Waals surface area (Å²) < 4.78 is 35.4. The van der Waals surface area contributed by atoms with E-state index in [4.69, 9.17) is 4.74 Å². The van der Waals surface area contributed by atoms with Crippen LogP contribution < -0.4 is 52.6 Å². The Labute approximate surface area is 592 Å². The number of carboxylic acid groups (broad SMARTS) is 1. The van der Waals surface area contributed by atoms with Crippen molar-refractivity contribution in [2.24, 2.45) is 0 Å². The molecule has 25 nitrogen and oxygen atoms in total. The molecule has 2 bridgehead atoms. The minimum atomic E-state index is -2.00. The summed E-state index contributed by atoms with van der Waals surface area (Å²) in [6.45, 7) is 4.13. The lowest BCUT2D eigenvalue weighted by molar-refractivity contribution is -0.146. The molecule has 12 N–H and O–H groups in total. The third kappa shape index (κ3) is 21.0. The maximum atomic E-state index is 15.2. The maximum Gasteiger partial charge on any atom is 0.305 e. The lowest BCUT2D eigenvalue weighted by Crippen LogP contribution is -2.62. The van der Waals surface area contributed by atoms with Gasteiger partial charge in [0.05, 0.1) is 13.5 Å². The molecule has 1 saturated heterocycles. The van der Waals surface area contributed by atoms with Gasteiger partial charge in [0.1, 0.15) is 71.0 Å². The maximum absolute atomic E-state index is 15.2. The standard InChI is InChI=1S/C72H87F2N13O12S2/c1-42-64(91)82-56(33-47-15-14-46-16-17-49(73)35-52(46)47)66(93)83-57(34-48-39-79-54-21-18-50(74)36-53(48)54)67(94)85-59(38-63(89)90)69(96)84-58(37-61-76-25-26-77-61)68(95)86-60(32-43-12-19-51(99-4)20-13-43)70(97)87-28-8-23-72(87,2)71(98)78-27-30-101-41-45-10-7-9-44(31-45)40-100-29-22-62(88)81-55(65(92)80-42)11-5-6-24-75-3/h7,9-10,12-13,15-21,25-26,31,35-36,39,42,55-60,75,79H,5-6,8,11,14,22-24,27-30,32-34,37-38,40-41H2,1-4H3,(H,76,77)(H,78,98)(H,80,92)(H,81,88)(H,82,91)(H,83,93)(H,84,96)(H,85,94)(H,86,95)(H,89,90)/t42-,55+,56+,57+,58+,59+,60+,72+/m1/s1. The van der Waals surface area contributed by atoms with E-state index in [2.05, 4.69) is 68.9 Å². The molecule has 2 aromatic heterocycles. The van der Waals surface area contributed by atoms with E-state index in [1.807, 2.05) is 18.2 Å². The van der Waals surface area contributed by atoms with E-state index < -0.39 is 126 Å². The Balaban J connectivity index is 1.05. The zero-order valence-electron chi connectivity index (χ0n) is 56.8. The van der Waals surface area contributed by atoms with Gasteiger partial charge in [-0.3, -0.25) is 47.9 Å². The van der Waals surface area contributed by atoms with Gasteiger partial charge in [0.2, 0.25) is 53.2 Å². The zero-order chi connectivity index (χ0) is 72.2. The minimum Gasteiger partial charge on any atom is -0.497 e. The number of aliphatic carboxylic acids is 1. The first-order chi connectivity index (χ1) is 48.6. The number of fused-ring (bicyclic) bond motifs is 5. The number of carbonyl (C=O) groups excluding carboxylic acids is 9. The molecule has 3 aliphatic rings. The van der Waals surface area contributed by atoms with Crippen LogP contribution >= 0.6 is 23.5 Å². The highest BCUT2D eigenvalue weighted by molar-refractivity contribution is 7.98. The normalized spacial score (nSPS) is 23.1. The quantitative estimate of drug-likeness (QED) is 0.0590. The average Bonchev–Trinajstić information content (AvgIpc) is 1.67. The van der Waals surface area contributed by atoms with Crippen molar-refractivity contribution < 1.29 is 66.6 Å². The lowest BCUT2D eigenvalue weighted by Gasteiger charge is -2.36. The van der Waals surface area contributed by atoms with Crippen LogP contribution in [0.25, 0.3) is 16.5 Å². The molecule has 0 spiro atoms. The Hall–Kier alpha value is -9.61.